The summed E-state index contributed by atoms with van der Waals surface area (Å²) in [6.07, 6.45) is 0. The molecule has 0 bridgehead atoms. The number of amides is 2. The van der Waals surface area contributed by atoms with Crippen LogP contribution in [0.2, 0.25) is 0 Å². The molecule has 0 saturated heterocycles. The Labute approximate surface area is 219 Å². The molecule has 2 aromatic heterocycles. The Hall–Kier alpha value is -3.66. The fourth-order valence-electron chi connectivity index (χ4n) is 4.27. The van der Waals surface area contributed by atoms with Gasteiger partial charge in [-0.15, -0.1) is 10.2 Å². The molecule has 4 aromatic rings. The number of hydrogen-bond acceptors (Lipinski definition) is 6. The minimum Gasteiger partial charge on any atom is -0.350 e. The molecule has 0 radical (unpaired) electrons. The highest BCUT2D eigenvalue weighted by molar-refractivity contribution is 7.99. The van der Waals surface area contributed by atoms with Crippen LogP contribution in [0.3, 0.4) is 0 Å². The smallest absolute Gasteiger partial charge is 0.262 e. The summed E-state index contributed by atoms with van der Waals surface area (Å²) in [5.41, 5.74) is 3.64. The van der Waals surface area contributed by atoms with Gasteiger partial charge in [-0.2, -0.15) is 0 Å². The molecule has 0 aliphatic heterocycles. The number of nitrogens with one attached hydrogen (secondary N) is 2. The van der Waals surface area contributed by atoms with Crippen molar-refractivity contribution in [3.8, 4) is 0 Å². The van der Waals surface area contributed by atoms with Crippen molar-refractivity contribution in [3.63, 3.8) is 0 Å². The summed E-state index contributed by atoms with van der Waals surface area (Å²) < 4.78 is 3.37. The third-order valence-electron chi connectivity index (χ3n) is 5.64. The number of hydrogen-bond donors (Lipinski definition) is 2. The van der Waals surface area contributed by atoms with Gasteiger partial charge in [0.05, 0.1) is 16.7 Å². The van der Waals surface area contributed by atoms with Crippen LogP contribution in [0.25, 0.3) is 16.7 Å². The van der Waals surface area contributed by atoms with Crippen LogP contribution < -0.4 is 16.2 Å². The van der Waals surface area contributed by atoms with Crippen LogP contribution in [0.1, 0.15) is 49.2 Å². The van der Waals surface area contributed by atoms with Gasteiger partial charge in [-0.05, 0) is 75.1 Å². The first-order valence-corrected chi connectivity index (χ1v) is 13.3. The molecule has 10 heteroatoms. The molecular formula is C27H32N6O3S. The first kappa shape index (κ1) is 26.4. The van der Waals surface area contributed by atoms with E-state index >= 15 is 0 Å². The van der Waals surface area contributed by atoms with Crippen molar-refractivity contribution < 1.29 is 9.59 Å². The van der Waals surface area contributed by atoms with Crippen molar-refractivity contribution in [2.45, 2.75) is 59.3 Å². The van der Waals surface area contributed by atoms with E-state index in [2.05, 4.69) is 20.8 Å². The van der Waals surface area contributed by atoms with E-state index in [1.165, 1.54) is 11.8 Å². The number of benzene rings is 2. The van der Waals surface area contributed by atoms with Crippen LogP contribution in [0, 0.1) is 19.8 Å². The Kier molecular flexibility index (Phi) is 7.68. The van der Waals surface area contributed by atoms with E-state index < -0.39 is 0 Å². The first-order valence-electron chi connectivity index (χ1n) is 12.3. The Morgan fingerprint density at radius 1 is 1.00 bits per heavy atom. The van der Waals surface area contributed by atoms with Crippen LogP contribution in [0.15, 0.2) is 46.3 Å². The van der Waals surface area contributed by atoms with Crippen molar-refractivity contribution in [2.24, 2.45) is 5.92 Å². The van der Waals surface area contributed by atoms with Gasteiger partial charge in [0.1, 0.15) is 0 Å². The fraction of sp³-hybridized carbons (Fsp3) is 0.370. The normalized spacial score (nSPS) is 11.6. The van der Waals surface area contributed by atoms with Crippen molar-refractivity contribution >= 4 is 45.9 Å². The average Bonchev–Trinajstić information content (AvgIpc) is 3.23. The number of fused-ring (bicyclic) bond motifs is 3. The number of carbonyl (C=O) groups excluding carboxylic acids is 2. The predicted octanol–water partition coefficient (Wildman–Crippen LogP) is 4.19. The highest BCUT2D eigenvalue weighted by Crippen LogP contribution is 2.24. The summed E-state index contributed by atoms with van der Waals surface area (Å²) in [7, 11) is 0. The lowest BCUT2D eigenvalue weighted by molar-refractivity contribution is -0.113. The van der Waals surface area contributed by atoms with Gasteiger partial charge in [0.25, 0.3) is 11.5 Å². The number of aromatic nitrogens is 4. The van der Waals surface area contributed by atoms with Gasteiger partial charge in [-0.25, -0.2) is 0 Å². The monoisotopic (exact) mass is 520 g/mol. The SMILES string of the molecule is Cc1cc(C)cc(NC(=O)CSc2nnc3n(CC(C)C)c(=O)c4ccc(C(=O)NC(C)C)cc4n23)c1. The number of aryl methyl sites for hydroxylation is 2. The summed E-state index contributed by atoms with van der Waals surface area (Å²) in [4.78, 5) is 38.8. The standard InChI is InChI=1S/C27H32N6O3S/c1-15(2)13-32-25(36)21-8-7-19(24(35)28-16(3)4)12-22(21)33-26(32)30-31-27(33)37-14-23(34)29-20-10-17(5)9-18(6)11-20/h7-12,15-16H,13-14H2,1-6H3,(H,28,35)(H,29,34). The highest BCUT2D eigenvalue weighted by atomic mass is 32.2. The zero-order valence-electron chi connectivity index (χ0n) is 22.0. The highest BCUT2D eigenvalue weighted by Gasteiger charge is 2.20. The number of anilines is 1. The molecule has 37 heavy (non-hydrogen) atoms. The molecule has 0 saturated carbocycles. The van der Waals surface area contributed by atoms with Gasteiger partial charge in [0.2, 0.25) is 11.7 Å². The van der Waals surface area contributed by atoms with E-state index in [0.717, 1.165) is 16.8 Å². The van der Waals surface area contributed by atoms with Gasteiger partial charge < -0.3 is 10.6 Å². The molecule has 2 aromatic carbocycles. The average molecular weight is 521 g/mol. The van der Waals surface area contributed by atoms with Gasteiger partial charge in [-0.3, -0.25) is 23.4 Å². The molecule has 0 aliphatic rings. The maximum atomic E-state index is 13.4. The van der Waals surface area contributed by atoms with Crippen molar-refractivity contribution in [1.29, 1.82) is 0 Å². The summed E-state index contributed by atoms with van der Waals surface area (Å²) in [6.45, 7) is 12.3. The zero-order chi connectivity index (χ0) is 26.9. The minimum atomic E-state index is -0.230. The number of carbonyl (C=O) groups is 2. The van der Waals surface area contributed by atoms with Crippen LogP contribution in [-0.2, 0) is 11.3 Å². The lowest BCUT2D eigenvalue weighted by Gasteiger charge is -2.14. The zero-order valence-corrected chi connectivity index (χ0v) is 22.8. The summed E-state index contributed by atoms with van der Waals surface area (Å²) in [5.74, 6) is 0.276. The van der Waals surface area contributed by atoms with Crippen molar-refractivity contribution in [1.82, 2.24) is 24.5 Å². The molecule has 2 amide bonds. The minimum absolute atomic E-state index is 0.0287. The number of rotatable bonds is 8. The molecule has 194 valence electrons. The van der Waals surface area contributed by atoms with Crippen LogP contribution in [0.5, 0.6) is 0 Å². The topological polar surface area (TPSA) is 110 Å². The molecule has 0 atom stereocenters. The molecule has 0 aliphatic carbocycles. The lowest BCUT2D eigenvalue weighted by atomic mass is 10.1. The molecule has 2 heterocycles. The molecular weight excluding hydrogens is 488 g/mol. The Balaban J connectivity index is 1.74. The van der Waals surface area contributed by atoms with Crippen molar-refractivity contribution in [2.75, 3.05) is 11.1 Å². The van der Waals surface area contributed by atoms with Gasteiger partial charge in [0.15, 0.2) is 5.16 Å². The quantitative estimate of drug-likeness (QED) is 0.337. The van der Waals surface area contributed by atoms with E-state index in [1.54, 1.807) is 27.2 Å². The summed E-state index contributed by atoms with van der Waals surface area (Å²) in [6, 6.07) is 10.9. The van der Waals surface area contributed by atoms with E-state index in [4.69, 9.17) is 0 Å². The number of nitrogens with zero attached hydrogens (tertiary/aromatic N) is 4. The van der Waals surface area contributed by atoms with E-state index in [1.807, 2.05) is 59.7 Å². The third-order valence-corrected chi connectivity index (χ3v) is 6.57. The predicted molar refractivity (Wildman–Crippen MR) is 147 cm³/mol. The van der Waals surface area contributed by atoms with Crippen molar-refractivity contribution in [3.05, 3.63) is 63.4 Å². The second-order valence-electron chi connectivity index (χ2n) is 10.0. The van der Waals surface area contributed by atoms with Gasteiger partial charge >= 0.3 is 0 Å². The maximum absolute atomic E-state index is 13.4. The summed E-state index contributed by atoms with van der Waals surface area (Å²) in [5, 5.41) is 15.4. The molecule has 2 N–H and O–H groups in total. The first-order chi connectivity index (χ1) is 17.5. The van der Waals surface area contributed by atoms with Gasteiger partial charge in [0, 0.05) is 23.8 Å². The van der Waals surface area contributed by atoms with E-state index in [0.29, 0.717) is 33.9 Å². The second-order valence-corrected chi connectivity index (χ2v) is 10.9. The number of thioether (sulfide) groups is 1. The molecule has 4 rings (SSSR count). The fourth-order valence-corrected chi connectivity index (χ4v) is 5.01. The Morgan fingerprint density at radius 3 is 2.35 bits per heavy atom. The summed E-state index contributed by atoms with van der Waals surface area (Å²) >= 11 is 1.23. The van der Waals surface area contributed by atoms with Crippen LogP contribution in [0.4, 0.5) is 5.69 Å². The Bertz CT molecular complexity index is 1530. The van der Waals surface area contributed by atoms with Crippen LogP contribution >= 0.6 is 11.8 Å². The lowest BCUT2D eigenvalue weighted by Crippen LogP contribution is -2.30. The molecule has 0 spiro atoms. The Morgan fingerprint density at radius 2 is 1.70 bits per heavy atom. The van der Waals surface area contributed by atoms with Gasteiger partial charge in [-0.1, -0.05) is 31.7 Å². The maximum Gasteiger partial charge on any atom is 0.262 e. The van der Waals surface area contributed by atoms with E-state index in [9.17, 15) is 14.4 Å². The largest absolute Gasteiger partial charge is 0.350 e. The van der Waals surface area contributed by atoms with Crippen LogP contribution in [-0.4, -0.2) is 42.8 Å². The second kappa shape index (κ2) is 10.8. The molecule has 0 fully saturated rings. The molecule has 9 nitrogen and oxygen atoms in total. The third kappa shape index (κ3) is 5.85. The van der Waals surface area contributed by atoms with E-state index in [-0.39, 0.29) is 35.1 Å². The molecule has 0 unspecified atom stereocenters.